The van der Waals surface area contributed by atoms with E-state index >= 15 is 0 Å². The van der Waals surface area contributed by atoms with Gasteiger partial charge in [-0.1, -0.05) is 35.0 Å². The molecule has 19 heavy (non-hydrogen) atoms. The molecule has 2 N–H and O–H groups in total. The Kier molecular flexibility index (Phi) is 2.52. The average Bonchev–Trinajstić information content (AvgIpc) is 2.82. The molecule has 3 aromatic rings. The van der Waals surface area contributed by atoms with Crippen LogP contribution in [0.15, 0.2) is 33.9 Å². The second kappa shape index (κ2) is 4.20. The fourth-order valence-corrected chi connectivity index (χ4v) is 1.90. The van der Waals surface area contributed by atoms with Crippen molar-refractivity contribution in [1.29, 1.82) is 0 Å². The van der Waals surface area contributed by atoms with E-state index in [-0.39, 0.29) is 11.0 Å². The molecule has 2 heterocycles. The number of aromatic nitrogens is 5. The maximum Gasteiger partial charge on any atom is 0.292 e. The van der Waals surface area contributed by atoms with Gasteiger partial charge in [-0.15, -0.1) is 5.10 Å². The number of benzene rings is 1. The highest BCUT2D eigenvalue weighted by atomic mass is 16.1. The summed E-state index contributed by atoms with van der Waals surface area (Å²) in [6.07, 6.45) is 0. The second-order valence-corrected chi connectivity index (χ2v) is 4.34. The van der Waals surface area contributed by atoms with Gasteiger partial charge in [0.1, 0.15) is 0 Å². The molecule has 3 rings (SSSR count). The molecule has 2 aromatic heterocycles. The number of hydrogen-bond donors (Lipinski definition) is 2. The normalized spacial score (nSPS) is 11.0. The quantitative estimate of drug-likeness (QED) is 0.683. The van der Waals surface area contributed by atoms with Crippen molar-refractivity contribution in [2.24, 2.45) is 0 Å². The molecule has 96 valence electrons. The number of aryl methyl sites for hydroxylation is 1. The van der Waals surface area contributed by atoms with E-state index in [4.69, 9.17) is 0 Å². The monoisotopic (exact) mass is 257 g/mol. The zero-order chi connectivity index (χ0) is 13.4. The molecule has 0 saturated carbocycles. The van der Waals surface area contributed by atoms with E-state index in [1.165, 1.54) is 4.68 Å². The summed E-state index contributed by atoms with van der Waals surface area (Å²) in [5, 5.41) is 12.1. The number of fused-ring (bicyclic) bond motifs is 1. The number of aromatic amines is 2. The van der Waals surface area contributed by atoms with E-state index in [1.54, 1.807) is 0 Å². The van der Waals surface area contributed by atoms with Crippen LogP contribution in [0.3, 0.4) is 0 Å². The molecule has 0 aliphatic carbocycles. The van der Waals surface area contributed by atoms with E-state index in [2.05, 4.69) is 20.5 Å². The first kappa shape index (κ1) is 11.4. The standard InChI is InChI=1S/C12H11N5O2/c1-7-2-4-8(5-3-7)6-17-10-9(13-16-17)11(18)14-15-12(10)19/h2-5H,6H2,1H3,(H,14,18)(H,15,19). The predicted molar refractivity (Wildman–Crippen MR) is 69.1 cm³/mol. The maximum absolute atomic E-state index is 11.7. The van der Waals surface area contributed by atoms with Crippen LogP contribution in [-0.4, -0.2) is 25.2 Å². The summed E-state index contributed by atoms with van der Waals surface area (Å²) < 4.78 is 1.42. The lowest BCUT2D eigenvalue weighted by Gasteiger charge is -2.02. The molecule has 0 aliphatic rings. The smallest absolute Gasteiger partial charge is 0.266 e. The van der Waals surface area contributed by atoms with Crippen molar-refractivity contribution in [3.63, 3.8) is 0 Å². The molecular formula is C12H11N5O2. The first-order valence-electron chi connectivity index (χ1n) is 5.75. The molecule has 0 aliphatic heterocycles. The Labute approximate surface area is 106 Å². The number of H-pyrrole nitrogens is 2. The van der Waals surface area contributed by atoms with Gasteiger partial charge < -0.3 is 0 Å². The van der Waals surface area contributed by atoms with Crippen molar-refractivity contribution < 1.29 is 0 Å². The molecule has 0 fully saturated rings. The summed E-state index contributed by atoms with van der Waals surface area (Å²) in [6.45, 7) is 2.39. The average molecular weight is 257 g/mol. The molecule has 0 amide bonds. The lowest BCUT2D eigenvalue weighted by atomic mass is 10.1. The largest absolute Gasteiger partial charge is 0.292 e. The van der Waals surface area contributed by atoms with Gasteiger partial charge in [-0.25, -0.2) is 4.68 Å². The maximum atomic E-state index is 11.7. The Morgan fingerprint density at radius 2 is 1.79 bits per heavy atom. The first-order chi connectivity index (χ1) is 9.15. The Hall–Kier alpha value is -2.70. The van der Waals surface area contributed by atoms with Crippen molar-refractivity contribution in [3.05, 3.63) is 56.1 Å². The van der Waals surface area contributed by atoms with Crippen LogP contribution in [0.25, 0.3) is 11.0 Å². The zero-order valence-electron chi connectivity index (χ0n) is 10.2. The van der Waals surface area contributed by atoms with Crippen molar-refractivity contribution in [3.8, 4) is 0 Å². The van der Waals surface area contributed by atoms with E-state index in [0.717, 1.165) is 11.1 Å². The third-order valence-corrected chi connectivity index (χ3v) is 2.91. The van der Waals surface area contributed by atoms with Gasteiger partial charge in [0.25, 0.3) is 11.1 Å². The Balaban J connectivity index is 2.11. The molecule has 7 heteroatoms. The third-order valence-electron chi connectivity index (χ3n) is 2.91. The highest BCUT2D eigenvalue weighted by molar-refractivity contribution is 5.71. The molecule has 1 aromatic carbocycles. The van der Waals surface area contributed by atoms with Gasteiger partial charge in [0.15, 0.2) is 11.0 Å². The lowest BCUT2D eigenvalue weighted by Crippen LogP contribution is -2.21. The molecule has 0 atom stereocenters. The van der Waals surface area contributed by atoms with Crippen molar-refractivity contribution in [2.45, 2.75) is 13.5 Å². The molecule has 0 unspecified atom stereocenters. The van der Waals surface area contributed by atoms with Gasteiger partial charge >= 0.3 is 0 Å². The van der Waals surface area contributed by atoms with Gasteiger partial charge in [0, 0.05) is 0 Å². The number of nitrogens with one attached hydrogen (secondary N) is 2. The minimum absolute atomic E-state index is 0.0517. The van der Waals surface area contributed by atoms with Crippen LogP contribution in [0.1, 0.15) is 11.1 Å². The fraction of sp³-hybridized carbons (Fsp3) is 0.167. The molecule has 0 spiro atoms. The van der Waals surface area contributed by atoms with Crippen LogP contribution >= 0.6 is 0 Å². The molecule has 0 bridgehead atoms. The summed E-state index contributed by atoms with van der Waals surface area (Å²) in [4.78, 5) is 23.2. The highest BCUT2D eigenvalue weighted by Crippen LogP contribution is 2.07. The van der Waals surface area contributed by atoms with Crippen LogP contribution in [0.4, 0.5) is 0 Å². The van der Waals surface area contributed by atoms with Gasteiger partial charge in [0.2, 0.25) is 0 Å². The number of nitrogens with zero attached hydrogens (tertiary/aromatic N) is 3. The van der Waals surface area contributed by atoms with E-state index < -0.39 is 11.1 Å². The second-order valence-electron chi connectivity index (χ2n) is 4.34. The SMILES string of the molecule is Cc1ccc(Cn2nnc3c(=O)[nH][nH]c(=O)c32)cc1. The Morgan fingerprint density at radius 3 is 2.53 bits per heavy atom. The van der Waals surface area contributed by atoms with Crippen LogP contribution < -0.4 is 11.1 Å². The van der Waals surface area contributed by atoms with Crippen molar-refractivity contribution in [2.75, 3.05) is 0 Å². The summed E-state index contributed by atoms with van der Waals surface area (Å²) in [5.41, 5.74) is 1.51. The Bertz CT molecular complexity index is 841. The summed E-state index contributed by atoms with van der Waals surface area (Å²) in [7, 11) is 0. The predicted octanol–water partition coefficient (Wildman–Crippen LogP) is 0.165. The van der Waals surface area contributed by atoms with Crippen molar-refractivity contribution >= 4 is 11.0 Å². The van der Waals surface area contributed by atoms with E-state index in [0.29, 0.717) is 6.54 Å². The number of hydrogen-bond acceptors (Lipinski definition) is 4. The molecule has 0 radical (unpaired) electrons. The zero-order valence-corrected chi connectivity index (χ0v) is 10.2. The minimum Gasteiger partial charge on any atom is -0.266 e. The third kappa shape index (κ3) is 1.95. The van der Waals surface area contributed by atoms with Gasteiger partial charge in [-0.2, -0.15) is 0 Å². The minimum atomic E-state index is -0.454. The van der Waals surface area contributed by atoms with Gasteiger partial charge in [-0.3, -0.25) is 19.8 Å². The first-order valence-corrected chi connectivity index (χ1v) is 5.75. The van der Waals surface area contributed by atoms with Crippen molar-refractivity contribution in [1.82, 2.24) is 25.2 Å². The van der Waals surface area contributed by atoms with Crippen LogP contribution in [0.5, 0.6) is 0 Å². The van der Waals surface area contributed by atoms with Crippen LogP contribution in [0.2, 0.25) is 0 Å². The summed E-state index contributed by atoms with van der Waals surface area (Å²) >= 11 is 0. The number of rotatable bonds is 2. The summed E-state index contributed by atoms with van der Waals surface area (Å²) in [5.74, 6) is 0. The topological polar surface area (TPSA) is 96.4 Å². The van der Waals surface area contributed by atoms with Crippen LogP contribution in [-0.2, 0) is 6.54 Å². The van der Waals surface area contributed by atoms with Gasteiger partial charge in [-0.05, 0) is 12.5 Å². The fourth-order valence-electron chi connectivity index (χ4n) is 1.90. The van der Waals surface area contributed by atoms with Crippen LogP contribution in [0, 0.1) is 6.92 Å². The molecule has 0 saturated heterocycles. The summed E-state index contributed by atoms with van der Waals surface area (Å²) in [6, 6.07) is 7.85. The highest BCUT2D eigenvalue weighted by Gasteiger charge is 2.12. The molecular weight excluding hydrogens is 246 g/mol. The van der Waals surface area contributed by atoms with E-state index in [9.17, 15) is 9.59 Å². The molecule has 7 nitrogen and oxygen atoms in total. The van der Waals surface area contributed by atoms with Gasteiger partial charge in [0.05, 0.1) is 6.54 Å². The Morgan fingerprint density at radius 1 is 1.11 bits per heavy atom. The van der Waals surface area contributed by atoms with E-state index in [1.807, 2.05) is 31.2 Å². The lowest BCUT2D eigenvalue weighted by molar-refractivity contribution is 0.667.